The van der Waals surface area contributed by atoms with Crippen molar-refractivity contribution in [3.8, 4) is 0 Å². The highest BCUT2D eigenvalue weighted by atomic mass is 19.1. The molecule has 0 bridgehead atoms. The molecule has 0 saturated carbocycles. The summed E-state index contributed by atoms with van der Waals surface area (Å²) < 4.78 is 27.8. The largest absolute Gasteiger partial charge is 0.364 e. The molecule has 0 aromatic heterocycles. The molecule has 1 aliphatic heterocycles. The average Bonchev–Trinajstić information content (AvgIpc) is 2.58. The zero-order valence-electron chi connectivity index (χ0n) is 14.8. The number of nitrogens with zero attached hydrogens (tertiary/aromatic N) is 3. The minimum atomic E-state index is -0.602. The van der Waals surface area contributed by atoms with Crippen LogP contribution in [0.3, 0.4) is 0 Å². The lowest BCUT2D eigenvalue weighted by molar-refractivity contribution is -0.385. The quantitative estimate of drug-likeness (QED) is 0.612. The van der Waals surface area contributed by atoms with Crippen molar-refractivity contribution >= 4 is 11.4 Å². The van der Waals surface area contributed by atoms with Gasteiger partial charge in [-0.25, -0.2) is 8.78 Å². The van der Waals surface area contributed by atoms with E-state index >= 15 is 0 Å². The van der Waals surface area contributed by atoms with E-state index < -0.39 is 10.7 Å². The van der Waals surface area contributed by atoms with E-state index in [0.29, 0.717) is 43.0 Å². The SMILES string of the molecule is Cc1c(CN2CCN(c3ccccc3F)[C@@H](C)C2)cc(F)cc1[N+](=O)[O-]. The lowest BCUT2D eigenvalue weighted by Gasteiger charge is -2.41. The number of halogens is 2. The molecular formula is C19H21F2N3O2. The van der Waals surface area contributed by atoms with Crippen molar-refractivity contribution in [2.45, 2.75) is 26.4 Å². The van der Waals surface area contributed by atoms with Crippen molar-refractivity contribution < 1.29 is 13.7 Å². The molecule has 2 aromatic carbocycles. The number of rotatable bonds is 4. The van der Waals surface area contributed by atoms with Crippen LogP contribution in [0.15, 0.2) is 36.4 Å². The van der Waals surface area contributed by atoms with Gasteiger partial charge in [-0.05, 0) is 37.6 Å². The van der Waals surface area contributed by atoms with Gasteiger partial charge in [-0.3, -0.25) is 15.0 Å². The maximum atomic E-state index is 14.0. The molecule has 1 aliphatic rings. The van der Waals surface area contributed by atoms with E-state index in [0.717, 1.165) is 6.07 Å². The molecule has 1 saturated heterocycles. The highest BCUT2D eigenvalue weighted by molar-refractivity contribution is 5.49. The molecule has 0 amide bonds. The third-order valence-electron chi connectivity index (χ3n) is 4.92. The Morgan fingerprint density at radius 2 is 1.96 bits per heavy atom. The number of anilines is 1. The smallest absolute Gasteiger partial charge is 0.275 e. The second-order valence-corrected chi connectivity index (χ2v) is 6.70. The first-order valence-electron chi connectivity index (χ1n) is 8.53. The summed E-state index contributed by atoms with van der Waals surface area (Å²) in [5.74, 6) is -0.847. The number of benzene rings is 2. The minimum Gasteiger partial charge on any atom is -0.364 e. The number of piperazine rings is 1. The van der Waals surface area contributed by atoms with Crippen LogP contribution < -0.4 is 4.90 Å². The zero-order valence-corrected chi connectivity index (χ0v) is 14.8. The topological polar surface area (TPSA) is 49.6 Å². The summed E-state index contributed by atoms with van der Waals surface area (Å²) in [5, 5.41) is 11.1. The van der Waals surface area contributed by atoms with Crippen LogP contribution in [0.2, 0.25) is 0 Å². The Labute approximate surface area is 151 Å². The highest BCUT2D eigenvalue weighted by Crippen LogP contribution is 2.27. The summed E-state index contributed by atoms with van der Waals surface area (Å²) in [4.78, 5) is 14.7. The minimum absolute atomic E-state index is 0.0736. The van der Waals surface area contributed by atoms with Crippen LogP contribution in [0.4, 0.5) is 20.2 Å². The van der Waals surface area contributed by atoms with Gasteiger partial charge in [-0.15, -0.1) is 0 Å². The number of hydrogen-bond acceptors (Lipinski definition) is 4. The van der Waals surface area contributed by atoms with E-state index in [1.165, 1.54) is 12.1 Å². The Bertz CT molecular complexity index is 828. The fourth-order valence-corrected chi connectivity index (χ4v) is 3.53. The van der Waals surface area contributed by atoms with Crippen LogP contribution in [-0.2, 0) is 6.54 Å². The van der Waals surface area contributed by atoms with Crippen LogP contribution >= 0.6 is 0 Å². The van der Waals surface area contributed by atoms with Crippen molar-refractivity contribution in [3.63, 3.8) is 0 Å². The molecule has 0 unspecified atom stereocenters. The van der Waals surface area contributed by atoms with Crippen molar-refractivity contribution in [2.24, 2.45) is 0 Å². The average molecular weight is 361 g/mol. The van der Waals surface area contributed by atoms with E-state index in [1.54, 1.807) is 19.1 Å². The van der Waals surface area contributed by atoms with Gasteiger partial charge in [0.05, 0.1) is 16.7 Å². The fourth-order valence-electron chi connectivity index (χ4n) is 3.53. The van der Waals surface area contributed by atoms with Crippen LogP contribution in [0.5, 0.6) is 0 Å². The molecule has 26 heavy (non-hydrogen) atoms. The third-order valence-corrected chi connectivity index (χ3v) is 4.92. The molecule has 138 valence electrons. The summed E-state index contributed by atoms with van der Waals surface area (Å²) in [6, 6.07) is 9.08. The Morgan fingerprint density at radius 3 is 2.62 bits per heavy atom. The first-order valence-corrected chi connectivity index (χ1v) is 8.53. The van der Waals surface area contributed by atoms with E-state index in [9.17, 15) is 18.9 Å². The molecular weight excluding hydrogens is 340 g/mol. The third kappa shape index (κ3) is 3.67. The van der Waals surface area contributed by atoms with E-state index in [1.807, 2.05) is 17.9 Å². The van der Waals surface area contributed by atoms with E-state index in [4.69, 9.17) is 0 Å². The predicted molar refractivity (Wildman–Crippen MR) is 96.3 cm³/mol. The van der Waals surface area contributed by atoms with Gasteiger partial charge in [0.25, 0.3) is 5.69 Å². The monoisotopic (exact) mass is 361 g/mol. The molecule has 1 heterocycles. The van der Waals surface area contributed by atoms with Gasteiger partial charge in [0.1, 0.15) is 11.6 Å². The number of nitro groups is 1. The van der Waals surface area contributed by atoms with Crippen molar-refractivity contribution in [2.75, 3.05) is 24.5 Å². The van der Waals surface area contributed by atoms with Gasteiger partial charge in [-0.2, -0.15) is 0 Å². The molecule has 1 fully saturated rings. The lowest BCUT2D eigenvalue weighted by atomic mass is 10.0. The summed E-state index contributed by atoms with van der Waals surface area (Å²) >= 11 is 0. The van der Waals surface area contributed by atoms with E-state index in [2.05, 4.69) is 4.90 Å². The van der Waals surface area contributed by atoms with Crippen LogP contribution in [0, 0.1) is 28.7 Å². The molecule has 0 N–H and O–H groups in total. The van der Waals surface area contributed by atoms with Gasteiger partial charge in [0.2, 0.25) is 0 Å². The molecule has 5 nitrogen and oxygen atoms in total. The number of hydrogen-bond donors (Lipinski definition) is 0. The molecule has 3 rings (SSSR count). The second-order valence-electron chi connectivity index (χ2n) is 6.70. The Balaban J connectivity index is 1.75. The lowest BCUT2D eigenvalue weighted by Crippen LogP contribution is -2.51. The summed E-state index contributed by atoms with van der Waals surface area (Å²) in [5.41, 5.74) is 1.49. The maximum Gasteiger partial charge on any atom is 0.275 e. The molecule has 1 atom stereocenters. The first kappa shape index (κ1) is 18.3. The van der Waals surface area contributed by atoms with Crippen molar-refractivity contribution in [3.05, 3.63) is 69.3 Å². The normalized spacial score (nSPS) is 18.2. The molecule has 0 aliphatic carbocycles. The fraction of sp³-hybridized carbons (Fsp3) is 0.368. The van der Waals surface area contributed by atoms with Crippen molar-refractivity contribution in [1.82, 2.24) is 4.90 Å². The van der Waals surface area contributed by atoms with Crippen molar-refractivity contribution in [1.29, 1.82) is 0 Å². The summed E-state index contributed by atoms with van der Waals surface area (Å²) in [7, 11) is 0. The summed E-state index contributed by atoms with van der Waals surface area (Å²) in [6.07, 6.45) is 0. The van der Waals surface area contributed by atoms with Gasteiger partial charge >= 0.3 is 0 Å². The molecule has 0 spiro atoms. The Hall–Kier alpha value is -2.54. The predicted octanol–water partition coefficient (Wildman–Crippen LogP) is 3.89. The summed E-state index contributed by atoms with van der Waals surface area (Å²) in [6.45, 7) is 6.06. The van der Waals surface area contributed by atoms with Crippen LogP contribution in [-0.4, -0.2) is 35.5 Å². The second kappa shape index (κ2) is 7.37. The van der Waals surface area contributed by atoms with Gasteiger partial charge in [0.15, 0.2) is 0 Å². The zero-order chi connectivity index (χ0) is 18.8. The van der Waals surface area contributed by atoms with E-state index in [-0.39, 0.29) is 17.5 Å². The number of para-hydroxylation sites is 1. The van der Waals surface area contributed by atoms with Gasteiger partial charge < -0.3 is 4.90 Å². The standard InChI is InChI=1S/C19H21F2N3O2/c1-13-11-22(7-8-23(13)18-6-4-3-5-17(18)21)12-15-9-16(20)10-19(14(15)2)24(25)26/h3-6,9-10,13H,7-8,11-12H2,1-2H3/t13-/m0/s1. The molecule has 7 heteroatoms. The molecule has 0 radical (unpaired) electrons. The van der Waals surface area contributed by atoms with Crippen LogP contribution in [0.1, 0.15) is 18.1 Å². The Morgan fingerprint density at radius 1 is 1.23 bits per heavy atom. The number of nitro benzene ring substituents is 1. The first-order chi connectivity index (χ1) is 12.4. The highest BCUT2D eigenvalue weighted by Gasteiger charge is 2.26. The van der Waals surface area contributed by atoms with Crippen LogP contribution in [0.25, 0.3) is 0 Å². The molecule has 2 aromatic rings. The maximum absolute atomic E-state index is 14.0. The van der Waals surface area contributed by atoms with Gasteiger partial charge in [-0.1, -0.05) is 12.1 Å². The Kier molecular flexibility index (Phi) is 5.18. The van der Waals surface area contributed by atoms with Gasteiger partial charge in [0, 0.05) is 37.8 Å².